The van der Waals surface area contributed by atoms with Crippen LogP contribution in [0.5, 0.6) is 5.75 Å². The van der Waals surface area contributed by atoms with Gasteiger partial charge < -0.3 is 10.1 Å². The number of nitrogens with zero attached hydrogens (tertiary/aromatic N) is 2. The third kappa shape index (κ3) is 4.65. The van der Waals surface area contributed by atoms with Gasteiger partial charge in [-0.15, -0.1) is 0 Å². The Morgan fingerprint density at radius 1 is 0.969 bits per heavy atom. The minimum absolute atomic E-state index is 0.183. The number of carbonyl (C=O) groups excluding carboxylic acids is 3. The second-order valence-electron chi connectivity index (χ2n) is 7.26. The van der Waals surface area contributed by atoms with E-state index < -0.39 is 0 Å². The number of benzene rings is 3. The summed E-state index contributed by atoms with van der Waals surface area (Å²) >= 11 is 0. The van der Waals surface area contributed by atoms with Crippen molar-refractivity contribution in [3.8, 4) is 11.8 Å². The van der Waals surface area contributed by atoms with Crippen molar-refractivity contribution in [2.75, 3.05) is 10.2 Å². The van der Waals surface area contributed by atoms with Crippen molar-refractivity contribution in [1.29, 1.82) is 5.26 Å². The fourth-order valence-electron chi connectivity index (χ4n) is 3.42. The molecule has 0 saturated carbocycles. The Kier molecular flexibility index (Phi) is 5.95. The van der Waals surface area contributed by atoms with Crippen molar-refractivity contribution in [2.24, 2.45) is 0 Å². The summed E-state index contributed by atoms with van der Waals surface area (Å²) in [4.78, 5) is 37.8. The van der Waals surface area contributed by atoms with Crippen molar-refractivity contribution in [3.05, 3.63) is 89.5 Å². The van der Waals surface area contributed by atoms with Gasteiger partial charge in [-0.2, -0.15) is 5.26 Å². The van der Waals surface area contributed by atoms with Gasteiger partial charge in [0.2, 0.25) is 11.8 Å². The summed E-state index contributed by atoms with van der Waals surface area (Å²) in [5.41, 5.74) is 2.68. The van der Waals surface area contributed by atoms with Crippen molar-refractivity contribution in [3.63, 3.8) is 0 Å². The Morgan fingerprint density at radius 3 is 2.50 bits per heavy atom. The van der Waals surface area contributed by atoms with Crippen LogP contribution in [0.1, 0.15) is 34.3 Å². The first-order chi connectivity index (χ1) is 15.5. The number of ether oxygens (including phenoxy) is 1. The standard InChI is InChI=1S/C25H19N3O4/c26-15-17-4-1-5-18(12-17)16-32-22-9-3-7-20(14-22)27-25(31)19-6-2-8-21(13-19)28-23(29)10-11-24(28)30/h1-9,12-14H,10-11,16H2,(H,27,31). The summed E-state index contributed by atoms with van der Waals surface area (Å²) in [5, 5.41) is 11.8. The van der Waals surface area contributed by atoms with Gasteiger partial charge in [0, 0.05) is 30.2 Å². The highest BCUT2D eigenvalue weighted by Gasteiger charge is 2.30. The maximum Gasteiger partial charge on any atom is 0.255 e. The van der Waals surface area contributed by atoms with Crippen molar-refractivity contribution in [2.45, 2.75) is 19.4 Å². The number of hydrogen-bond acceptors (Lipinski definition) is 5. The van der Waals surface area contributed by atoms with E-state index in [9.17, 15) is 14.4 Å². The zero-order valence-corrected chi connectivity index (χ0v) is 17.1. The number of carbonyl (C=O) groups is 3. The van der Waals surface area contributed by atoms with E-state index in [-0.39, 0.29) is 37.2 Å². The number of nitriles is 1. The molecule has 7 heteroatoms. The molecule has 0 unspecified atom stereocenters. The molecule has 0 atom stereocenters. The molecule has 1 heterocycles. The van der Waals surface area contributed by atoms with Crippen LogP contribution in [-0.2, 0) is 16.2 Å². The van der Waals surface area contributed by atoms with E-state index in [2.05, 4.69) is 11.4 Å². The molecule has 0 bridgehead atoms. The van der Waals surface area contributed by atoms with Gasteiger partial charge in [0.25, 0.3) is 5.91 Å². The molecule has 0 aromatic heterocycles. The maximum absolute atomic E-state index is 12.7. The summed E-state index contributed by atoms with van der Waals surface area (Å²) in [5.74, 6) is -0.340. The topological polar surface area (TPSA) is 99.5 Å². The van der Waals surface area contributed by atoms with Gasteiger partial charge in [0.15, 0.2) is 0 Å². The molecule has 1 fully saturated rings. The largest absolute Gasteiger partial charge is 0.489 e. The van der Waals surface area contributed by atoms with Crippen LogP contribution in [0.4, 0.5) is 11.4 Å². The highest BCUT2D eigenvalue weighted by molar-refractivity contribution is 6.20. The molecule has 1 aliphatic rings. The Morgan fingerprint density at radius 2 is 1.72 bits per heavy atom. The molecule has 0 spiro atoms. The van der Waals surface area contributed by atoms with E-state index in [0.29, 0.717) is 28.3 Å². The minimum Gasteiger partial charge on any atom is -0.489 e. The second kappa shape index (κ2) is 9.14. The number of anilines is 2. The van der Waals surface area contributed by atoms with Crippen LogP contribution in [0.2, 0.25) is 0 Å². The first-order valence-corrected chi connectivity index (χ1v) is 10.0. The minimum atomic E-state index is -0.371. The predicted molar refractivity (Wildman–Crippen MR) is 118 cm³/mol. The number of rotatable bonds is 6. The van der Waals surface area contributed by atoms with E-state index in [1.165, 1.54) is 6.07 Å². The quantitative estimate of drug-likeness (QED) is 0.601. The highest BCUT2D eigenvalue weighted by Crippen LogP contribution is 2.24. The first-order valence-electron chi connectivity index (χ1n) is 10.0. The highest BCUT2D eigenvalue weighted by atomic mass is 16.5. The second-order valence-corrected chi connectivity index (χ2v) is 7.26. The van der Waals surface area contributed by atoms with Gasteiger partial charge >= 0.3 is 0 Å². The number of amides is 3. The van der Waals surface area contributed by atoms with E-state index >= 15 is 0 Å². The Labute approximate surface area is 184 Å². The van der Waals surface area contributed by atoms with Crippen LogP contribution in [0.25, 0.3) is 0 Å². The molecule has 1 saturated heterocycles. The van der Waals surface area contributed by atoms with Gasteiger partial charge in [0.1, 0.15) is 12.4 Å². The lowest BCUT2D eigenvalue weighted by Crippen LogP contribution is -2.28. The smallest absolute Gasteiger partial charge is 0.255 e. The van der Waals surface area contributed by atoms with Crippen LogP contribution in [-0.4, -0.2) is 17.7 Å². The molecule has 4 rings (SSSR count). The lowest BCUT2D eigenvalue weighted by Gasteiger charge is -2.15. The number of imide groups is 1. The zero-order valence-electron chi connectivity index (χ0n) is 17.1. The summed E-state index contributed by atoms with van der Waals surface area (Å²) in [6, 6.07) is 22.6. The Hall–Kier alpha value is -4.44. The SMILES string of the molecule is N#Cc1cccc(COc2cccc(NC(=O)c3cccc(N4C(=O)CCC4=O)c3)c2)c1. The van der Waals surface area contributed by atoms with Crippen LogP contribution in [0.3, 0.4) is 0 Å². The monoisotopic (exact) mass is 425 g/mol. The summed E-state index contributed by atoms with van der Waals surface area (Å²) in [6.45, 7) is 0.285. The molecule has 3 amide bonds. The molecule has 158 valence electrons. The molecule has 3 aromatic rings. The van der Waals surface area contributed by atoms with Crippen molar-refractivity contribution in [1.82, 2.24) is 0 Å². The van der Waals surface area contributed by atoms with Crippen LogP contribution < -0.4 is 15.0 Å². The summed E-state index contributed by atoms with van der Waals surface area (Å²) in [7, 11) is 0. The number of nitrogens with one attached hydrogen (secondary N) is 1. The molecular formula is C25H19N3O4. The zero-order chi connectivity index (χ0) is 22.5. The molecular weight excluding hydrogens is 406 g/mol. The van der Waals surface area contributed by atoms with Crippen LogP contribution in [0, 0.1) is 11.3 Å². The molecule has 0 radical (unpaired) electrons. The normalized spacial score (nSPS) is 13.0. The van der Waals surface area contributed by atoms with Crippen LogP contribution >= 0.6 is 0 Å². The van der Waals surface area contributed by atoms with Crippen molar-refractivity contribution < 1.29 is 19.1 Å². The lowest BCUT2D eigenvalue weighted by atomic mass is 10.1. The predicted octanol–water partition coefficient (Wildman–Crippen LogP) is 4.04. The van der Waals surface area contributed by atoms with E-state index in [4.69, 9.17) is 10.00 Å². The molecule has 0 aliphatic carbocycles. The fourth-order valence-corrected chi connectivity index (χ4v) is 3.42. The summed E-state index contributed by atoms with van der Waals surface area (Å²) in [6.07, 6.45) is 0.367. The summed E-state index contributed by atoms with van der Waals surface area (Å²) < 4.78 is 5.79. The Bertz CT molecular complexity index is 1230. The van der Waals surface area contributed by atoms with Crippen molar-refractivity contribution >= 4 is 29.1 Å². The van der Waals surface area contributed by atoms with Crippen LogP contribution in [0.15, 0.2) is 72.8 Å². The first kappa shape index (κ1) is 20.8. The van der Waals surface area contributed by atoms with Gasteiger partial charge in [-0.05, 0) is 48.0 Å². The number of hydrogen-bond donors (Lipinski definition) is 1. The lowest BCUT2D eigenvalue weighted by molar-refractivity contribution is -0.121. The third-order valence-corrected chi connectivity index (χ3v) is 4.97. The van der Waals surface area contributed by atoms with Gasteiger partial charge in [-0.3, -0.25) is 19.3 Å². The molecule has 32 heavy (non-hydrogen) atoms. The van der Waals surface area contributed by atoms with Gasteiger partial charge in [-0.1, -0.05) is 24.3 Å². The molecule has 1 aliphatic heterocycles. The molecule has 3 aromatic carbocycles. The Balaban J connectivity index is 1.44. The van der Waals surface area contributed by atoms with E-state index in [0.717, 1.165) is 10.5 Å². The molecule has 7 nitrogen and oxygen atoms in total. The fraction of sp³-hybridized carbons (Fsp3) is 0.120. The molecule has 1 N–H and O–H groups in total. The van der Waals surface area contributed by atoms with E-state index in [1.807, 2.05) is 6.07 Å². The third-order valence-electron chi connectivity index (χ3n) is 4.97. The van der Waals surface area contributed by atoms with Gasteiger partial charge in [-0.25, -0.2) is 0 Å². The van der Waals surface area contributed by atoms with Gasteiger partial charge in [0.05, 0.1) is 17.3 Å². The van der Waals surface area contributed by atoms with E-state index in [1.54, 1.807) is 60.7 Å². The maximum atomic E-state index is 12.7. The average molecular weight is 425 g/mol. The average Bonchev–Trinajstić information content (AvgIpc) is 3.16.